The minimum atomic E-state index is -0.497. The third kappa shape index (κ3) is 2.44. The van der Waals surface area contributed by atoms with Gasteiger partial charge in [0.1, 0.15) is 12.1 Å². The molecule has 3 rings (SSSR count). The van der Waals surface area contributed by atoms with Crippen molar-refractivity contribution < 1.29 is 4.79 Å². The van der Waals surface area contributed by atoms with Gasteiger partial charge < -0.3 is 5.32 Å². The number of rotatable bonds is 3. The van der Waals surface area contributed by atoms with Crippen molar-refractivity contribution in [1.82, 2.24) is 15.0 Å². The Morgan fingerprint density at radius 2 is 2.00 bits per heavy atom. The van der Waals surface area contributed by atoms with E-state index in [0.29, 0.717) is 17.0 Å². The minimum absolute atomic E-state index is 0.424. The second kappa shape index (κ2) is 5.22. The number of pyridine rings is 1. The van der Waals surface area contributed by atoms with Crippen LogP contribution in [0.1, 0.15) is 10.4 Å². The zero-order valence-corrected chi connectivity index (χ0v) is 11.0. The standard InChI is InChI=1S/C14H9ClN4O/c15-12(20)9-3-1-4-10(7-9)19-14-11-5-2-6-16-13(11)17-8-18-14/h1-8H,(H,16,17,18,19). The fraction of sp³-hybridized carbons (Fsp3) is 0. The predicted octanol–water partition coefficient (Wildman–Crippen LogP) is 3.15. The van der Waals surface area contributed by atoms with Gasteiger partial charge in [-0.1, -0.05) is 6.07 Å². The van der Waals surface area contributed by atoms with Gasteiger partial charge >= 0.3 is 0 Å². The number of halogens is 1. The highest BCUT2D eigenvalue weighted by Crippen LogP contribution is 2.22. The number of carbonyl (C=O) groups excluding carboxylic acids is 1. The number of aromatic nitrogens is 3. The molecule has 20 heavy (non-hydrogen) atoms. The van der Waals surface area contributed by atoms with E-state index in [-0.39, 0.29) is 0 Å². The van der Waals surface area contributed by atoms with Crippen molar-refractivity contribution in [1.29, 1.82) is 0 Å². The smallest absolute Gasteiger partial charge is 0.252 e. The summed E-state index contributed by atoms with van der Waals surface area (Å²) in [5, 5.41) is 3.45. The van der Waals surface area contributed by atoms with Crippen LogP contribution in [0, 0.1) is 0 Å². The molecule has 2 aromatic heterocycles. The quantitative estimate of drug-likeness (QED) is 0.748. The first-order valence-electron chi connectivity index (χ1n) is 5.87. The molecule has 0 fully saturated rings. The van der Waals surface area contributed by atoms with Crippen molar-refractivity contribution in [3.8, 4) is 0 Å². The summed E-state index contributed by atoms with van der Waals surface area (Å²) in [5.41, 5.74) is 1.75. The predicted molar refractivity (Wildman–Crippen MR) is 77.2 cm³/mol. The Balaban J connectivity index is 2.01. The number of fused-ring (bicyclic) bond motifs is 1. The van der Waals surface area contributed by atoms with E-state index in [1.807, 2.05) is 18.2 Å². The van der Waals surface area contributed by atoms with E-state index in [1.54, 1.807) is 24.4 Å². The molecular formula is C14H9ClN4O. The molecule has 6 heteroatoms. The Morgan fingerprint density at radius 1 is 1.10 bits per heavy atom. The molecule has 1 aromatic carbocycles. The summed E-state index contributed by atoms with van der Waals surface area (Å²) >= 11 is 5.47. The van der Waals surface area contributed by atoms with Crippen LogP contribution in [0.3, 0.4) is 0 Å². The molecule has 0 aliphatic carbocycles. The third-order valence-corrected chi connectivity index (χ3v) is 2.98. The number of anilines is 2. The second-order valence-electron chi connectivity index (χ2n) is 4.08. The van der Waals surface area contributed by atoms with Crippen LogP contribution in [0.5, 0.6) is 0 Å². The molecule has 0 atom stereocenters. The zero-order valence-electron chi connectivity index (χ0n) is 10.2. The van der Waals surface area contributed by atoms with Crippen LogP contribution in [0.25, 0.3) is 11.0 Å². The molecule has 0 amide bonds. The Hall–Kier alpha value is -2.53. The first-order valence-corrected chi connectivity index (χ1v) is 6.24. The van der Waals surface area contributed by atoms with E-state index in [2.05, 4.69) is 20.3 Å². The van der Waals surface area contributed by atoms with Crippen LogP contribution in [-0.4, -0.2) is 20.2 Å². The maximum atomic E-state index is 11.2. The lowest BCUT2D eigenvalue weighted by atomic mass is 10.2. The molecule has 0 radical (unpaired) electrons. The Morgan fingerprint density at radius 3 is 2.85 bits per heavy atom. The maximum Gasteiger partial charge on any atom is 0.252 e. The molecule has 3 aromatic rings. The summed E-state index contributed by atoms with van der Waals surface area (Å²) in [7, 11) is 0. The first kappa shape index (κ1) is 12.5. The molecule has 0 aliphatic rings. The number of nitrogens with one attached hydrogen (secondary N) is 1. The van der Waals surface area contributed by atoms with E-state index < -0.39 is 5.24 Å². The lowest BCUT2D eigenvalue weighted by Gasteiger charge is -2.08. The highest BCUT2D eigenvalue weighted by molar-refractivity contribution is 6.67. The van der Waals surface area contributed by atoms with E-state index >= 15 is 0 Å². The fourth-order valence-corrected chi connectivity index (χ4v) is 1.97. The fourth-order valence-electron chi connectivity index (χ4n) is 1.85. The Bertz CT molecular complexity index is 785. The molecular weight excluding hydrogens is 276 g/mol. The van der Waals surface area contributed by atoms with Gasteiger partial charge in [-0.05, 0) is 41.9 Å². The van der Waals surface area contributed by atoms with E-state index in [9.17, 15) is 4.79 Å². The summed E-state index contributed by atoms with van der Waals surface area (Å²) in [6.45, 7) is 0. The van der Waals surface area contributed by atoms with Crippen molar-refractivity contribution in [2.75, 3.05) is 5.32 Å². The second-order valence-corrected chi connectivity index (χ2v) is 4.42. The van der Waals surface area contributed by atoms with Gasteiger partial charge in [-0.25, -0.2) is 15.0 Å². The molecule has 0 saturated heterocycles. The summed E-state index contributed by atoms with van der Waals surface area (Å²) in [4.78, 5) is 23.6. The van der Waals surface area contributed by atoms with Crippen molar-refractivity contribution in [3.05, 3.63) is 54.5 Å². The van der Waals surface area contributed by atoms with E-state index in [0.717, 1.165) is 11.1 Å². The van der Waals surface area contributed by atoms with Crippen molar-refractivity contribution in [3.63, 3.8) is 0 Å². The number of hydrogen-bond acceptors (Lipinski definition) is 5. The van der Waals surface area contributed by atoms with Crippen molar-refractivity contribution in [2.45, 2.75) is 0 Å². The number of carbonyl (C=O) groups is 1. The topological polar surface area (TPSA) is 67.8 Å². The molecule has 2 heterocycles. The van der Waals surface area contributed by atoms with Gasteiger partial charge in [-0.3, -0.25) is 4.79 Å². The zero-order chi connectivity index (χ0) is 13.9. The average molecular weight is 285 g/mol. The molecule has 0 spiro atoms. The molecule has 0 aliphatic heterocycles. The molecule has 1 N–H and O–H groups in total. The average Bonchev–Trinajstić information content (AvgIpc) is 2.48. The van der Waals surface area contributed by atoms with Gasteiger partial charge in [-0.15, -0.1) is 0 Å². The van der Waals surface area contributed by atoms with Crippen LogP contribution < -0.4 is 5.32 Å². The summed E-state index contributed by atoms with van der Waals surface area (Å²) in [6, 6.07) is 10.6. The third-order valence-electron chi connectivity index (χ3n) is 2.76. The molecule has 98 valence electrons. The normalized spacial score (nSPS) is 10.4. The summed E-state index contributed by atoms with van der Waals surface area (Å²) < 4.78 is 0. The van der Waals surface area contributed by atoms with Crippen LogP contribution >= 0.6 is 11.6 Å². The number of nitrogens with zero attached hydrogens (tertiary/aromatic N) is 3. The Labute approximate surface area is 119 Å². The van der Waals surface area contributed by atoms with Crippen molar-refractivity contribution in [2.24, 2.45) is 0 Å². The maximum absolute atomic E-state index is 11.2. The van der Waals surface area contributed by atoms with Gasteiger partial charge in [0.15, 0.2) is 5.65 Å². The van der Waals surface area contributed by atoms with Gasteiger partial charge in [0, 0.05) is 17.4 Å². The van der Waals surface area contributed by atoms with Gasteiger partial charge in [0.2, 0.25) is 0 Å². The highest BCUT2D eigenvalue weighted by Gasteiger charge is 2.06. The molecule has 0 bridgehead atoms. The SMILES string of the molecule is O=C(Cl)c1cccc(Nc2ncnc3ncccc23)c1. The first-order chi connectivity index (χ1) is 9.74. The van der Waals surface area contributed by atoms with E-state index in [4.69, 9.17) is 11.6 Å². The molecule has 0 unspecified atom stereocenters. The summed E-state index contributed by atoms with van der Waals surface area (Å²) in [6.07, 6.45) is 3.11. The minimum Gasteiger partial charge on any atom is -0.340 e. The van der Waals surface area contributed by atoms with Crippen LogP contribution in [-0.2, 0) is 0 Å². The van der Waals surface area contributed by atoms with Crippen LogP contribution in [0.4, 0.5) is 11.5 Å². The van der Waals surface area contributed by atoms with E-state index in [1.165, 1.54) is 6.33 Å². The molecule has 5 nitrogen and oxygen atoms in total. The summed E-state index contributed by atoms with van der Waals surface area (Å²) in [5.74, 6) is 0.627. The van der Waals surface area contributed by atoms with Crippen molar-refractivity contribution >= 4 is 39.4 Å². The number of benzene rings is 1. The Kier molecular flexibility index (Phi) is 3.26. The van der Waals surface area contributed by atoms with Gasteiger partial charge in [-0.2, -0.15) is 0 Å². The van der Waals surface area contributed by atoms with Gasteiger partial charge in [0.25, 0.3) is 5.24 Å². The largest absolute Gasteiger partial charge is 0.340 e. The highest BCUT2D eigenvalue weighted by atomic mass is 35.5. The lowest BCUT2D eigenvalue weighted by molar-refractivity contribution is 0.108. The van der Waals surface area contributed by atoms with Crippen LogP contribution in [0.2, 0.25) is 0 Å². The number of hydrogen-bond donors (Lipinski definition) is 1. The van der Waals surface area contributed by atoms with Crippen LogP contribution in [0.15, 0.2) is 48.9 Å². The van der Waals surface area contributed by atoms with Gasteiger partial charge in [0.05, 0.1) is 5.39 Å². The lowest BCUT2D eigenvalue weighted by Crippen LogP contribution is -1.98. The molecule has 0 saturated carbocycles. The monoisotopic (exact) mass is 284 g/mol.